The second kappa shape index (κ2) is 4.90. The number of nitriles is 1. The molecule has 3 rings (SSSR count). The zero-order valence-corrected chi connectivity index (χ0v) is 10.5. The second-order valence-corrected chi connectivity index (χ2v) is 4.37. The normalized spacial score (nSPS) is 10.8. The van der Waals surface area contributed by atoms with E-state index in [9.17, 15) is 13.2 Å². The molecule has 0 unspecified atom stereocenters. The molecule has 0 radical (unpaired) electrons. The van der Waals surface area contributed by atoms with Crippen LogP contribution in [0.5, 0.6) is 0 Å². The van der Waals surface area contributed by atoms with Gasteiger partial charge in [-0.1, -0.05) is 6.07 Å². The van der Waals surface area contributed by atoms with E-state index in [1.165, 1.54) is 12.3 Å². The van der Waals surface area contributed by atoms with E-state index in [2.05, 4.69) is 9.97 Å². The van der Waals surface area contributed by atoms with Gasteiger partial charge in [-0.15, -0.1) is 0 Å². The summed E-state index contributed by atoms with van der Waals surface area (Å²) in [4.78, 5) is 7.88. The average molecular weight is 288 g/mol. The third-order valence-electron chi connectivity index (χ3n) is 3.00. The lowest BCUT2D eigenvalue weighted by molar-refractivity contribution is 0.570. The van der Waals surface area contributed by atoms with E-state index in [0.29, 0.717) is 0 Å². The van der Waals surface area contributed by atoms with Gasteiger partial charge in [-0.3, -0.25) is 4.40 Å². The van der Waals surface area contributed by atoms with Crippen LogP contribution in [-0.2, 0) is 6.42 Å². The highest BCUT2D eigenvalue weighted by atomic mass is 19.1. The van der Waals surface area contributed by atoms with Crippen molar-refractivity contribution in [2.24, 2.45) is 0 Å². The third kappa shape index (κ3) is 2.31. The number of rotatable bonds is 2. The van der Waals surface area contributed by atoms with Crippen molar-refractivity contribution in [1.82, 2.24) is 14.4 Å². The molecule has 4 nitrogen and oxygen atoms in total. The maximum absolute atomic E-state index is 13.7. The fourth-order valence-corrected chi connectivity index (χ4v) is 2.04. The van der Waals surface area contributed by atoms with Crippen LogP contribution in [0, 0.1) is 28.9 Å². The molecule has 3 aromatic rings. The van der Waals surface area contributed by atoms with Crippen molar-refractivity contribution in [3.63, 3.8) is 0 Å². The van der Waals surface area contributed by atoms with Crippen molar-refractivity contribution >= 4 is 5.65 Å². The highest BCUT2D eigenvalue weighted by Gasteiger charge is 2.14. The molecule has 0 aliphatic rings. The number of imidazole rings is 1. The van der Waals surface area contributed by atoms with Crippen molar-refractivity contribution in [3.05, 3.63) is 65.1 Å². The van der Waals surface area contributed by atoms with Crippen LogP contribution in [0.15, 0.2) is 30.6 Å². The van der Waals surface area contributed by atoms with Crippen molar-refractivity contribution in [2.75, 3.05) is 0 Å². The van der Waals surface area contributed by atoms with Crippen LogP contribution in [-0.4, -0.2) is 14.4 Å². The lowest BCUT2D eigenvalue weighted by atomic mass is 10.1. The van der Waals surface area contributed by atoms with Gasteiger partial charge in [-0.2, -0.15) is 9.65 Å². The summed E-state index contributed by atoms with van der Waals surface area (Å²) in [7, 11) is 0. The smallest absolute Gasteiger partial charge is 0.218 e. The van der Waals surface area contributed by atoms with Crippen molar-refractivity contribution < 1.29 is 13.2 Å². The molecule has 104 valence electrons. The molecular formula is C14H7F3N4. The molecule has 21 heavy (non-hydrogen) atoms. The van der Waals surface area contributed by atoms with E-state index in [1.54, 1.807) is 6.07 Å². The first-order valence-corrected chi connectivity index (χ1v) is 5.95. The Morgan fingerprint density at radius 3 is 2.76 bits per heavy atom. The first-order chi connectivity index (χ1) is 10.1. The molecule has 7 heteroatoms. The van der Waals surface area contributed by atoms with Gasteiger partial charge in [0.15, 0.2) is 11.3 Å². The quantitative estimate of drug-likeness (QED) is 0.728. The highest BCUT2D eigenvalue weighted by Crippen LogP contribution is 2.18. The van der Waals surface area contributed by atoms with Crippen molar-refractivity contribution in [3.8, 4) is 6.07 Å². The number of fused-ring (bicyclic) bond motifs is 1. The van der Waals surface area contributed by atoms with Crippen LogP contribution in [0.2, 0.25) is 0 Å². The molecule has 0 aliphatic carbocycles. The maximum atomic E-state index is 13.7. The van der Waals surface area contributed by atoms with Crippen LogP contribution in [0.25, 0.3) is 5.65 Å². The largest absolute Gasteiger partial charge is 0.272 e. The minimum atomic E-state index is -0.732. The molecular weight excluding hydrogens is 281 g/mol. The lowest BCUT2D eigenvalue weighted by Crippen LogP contribution is -2.03. The average Bonchev–Trinajstić information content (AvgIpc) is 2.83. The van der Waals surface area contributed by atoms with Gasteiger partial charge in [0.05, 0.1) is 11.9 Å². The highest BCUT2D eigenvalue weighted by molar-refractivity contribution is 5.48. The molecule has 1 aromatic carbocycles. The van der Waals surface area contributed by atoms with Gasteiger partial charge >= 0.3 is 0 Å². The van der Waals surface area contributed by atoms with E-state index in [1.807, 2.05) is 0 Å². The Morgan fingerprint density at radius 1 is 1.24 bits per heavy atom. The molecule has 0 saturated carbocycles. The van der Waals surface area contributed by atoms with Crippen LogP contribution in [0.3, 0.4) is 0 Å². The van der Waals surface area contributed by atoms with Crippen LogP contribution in [0.4, 0.5) is 13.2 Å². The fraction of sp³-hybridized carbons (Fsp3) is 0.0714. The molecule has 0 fully saturated rings. The number of benzene rings is 1. The third-order valence-corrected chi connectivity index (χ3v) is 3.00. The van der Waals surface area contributed by atoms with Gasteiger partial charge in [0.2, 0.25) is 5.95 Å². The first kappa shape index (κ1) is 13.1. The number of aromatic nitrogens is 3. The standard InChI is InChI=1S/C14H7F3N4/c15-9-2-1-8(11(16)4-9)3-12-14-19-6-13(17)21(14)7-10(5-18)20-12/h1-2,4,6-7H,3H2. The summed E-state index contributed by atoms with van der Waals surface area (Å²) in [5.74, 6) is -2.07. The van der Waals surface area contributed by atoms with Gasteiger partial charge in [-0.25, -0.2) is 18.7 Å². The Hall–Kier alpha value is -2.88. The Kier molecular flexibility index (Phi) is 3.06. The topological polar surface area (TPSA) is 54.0 Å². The zero-order valence-electron chi connectivity index (χ0n) is 10.5. The summed E-state index contributed by atoms with van der Waals surface area (Å²) in [5.41, 5.74) is 0.597. The molecule has 0 N–H and O–H groups in total. The molecule has 0 bridgehead atoms. The number of hydrogen-bond acceptors (Lipinski definition) is 3. The van der Waals surface area contributed by atoms with Gasteiger partial charge in [-0.05, 0) is 11.6 Å². The monoisotopic (exact) mass is 288 g/mol. The minimum Gasteiger partial charge on any atom is -0.272 e. The summed E-state index contributed by atoms with van der Waals surface area (Å²) in [6.07, 6.45) is 2.17. The Bertz CT molecular complexity index is 880. The summed E-state index contributed by atoms with van der Waals surface area (Å²) in [6, 6.07) is 4.96. The lowest BCUT2D eigenvalue weighted by Gasteiger charge is -2.05. The fourth-order valence-electron chi connectivity index (χ4n) is 2.04. The molecule has 0 aliphatic heterocycles. The van der Waals surface area contributed by atoms with Gasteiger partial charge in [0, 0.05) is 18.7 Å². The molecule has 2 aromatic heterocycles. The number of nitrogens with zero attached hydrogens (tertiary/aromatic N) is 4. The van der Waals surface area contributed by atoms with E-state index >= 15 is 0 Å². The van der Waals surface area contributed by atoms with Crippen LogP contribution >= 0.6 is 0 Å². The SMILES string of the molecule is N#Cc1cn2c(F)cnc2c(Cc2ccc(F)cc2F)n1. The summed E-state index contributed by atoms with van der Waals surface area (Å²) in [6.45, 7) is 0. The van der Waals surface area contributed by atoms with Crippen LogP contribution in [0.1, 0.15) is 17.0 Å². The predicted octanol–water partition coefficient (Wildman–Crippen LogP) is 2.61. The molecule has 0 amide bonds. The summed E-state index contributed by atoms with van der Waals surface area (Å²) >= 11 is 0. The van der Waals surface area contributed by atoms with E-state index in [0.717, 1.165) is 22.7 Å². The van der Waals surface area contributed by atoms with Gasteiger partial charge in [0.1, 0.15) is 17.7 Å². The summed E-state index contributed by atoms with van der Waals surface area (Å²) in [5, 5.41) is 8.91. The first-order valence-electron chi connectivity index (χ1n) is 5.95. The van der Waals surface area contributed by atoms with E-state index in [4.69, 9.17) is 5.26 Å². The molecule has 2 heterocycles. The minimum absolute atomic E-state index is 0.0167. The maximum Gasteiger partial charge on any atom is 0.218 e. The molecule has 0 atom stereocenters. The predicted molar refractivity (Wildman–Crippen MR) is 66.8 cm³/mol. The van der Waals surface area contributed by atoms with Crippen molar-refractivity contribution in [2.45, 2.75) is 6.42 Å². The van der Waals surface area contributed by atoms with E-state index < -0.39 is 17.6 Å². The Balaban J connectivity index is 2.13. The molecule has 0 spiro atoms. The molecule has 0 saturated heterocycles. The van der Waals surface area contributed by atoms with Crippen molar-refractivity contribution in [1.29, 1.82) is 5.26 Å². The van der Waals surface area contributed by atoms with Gasteiger partial charge in [0.25, 0.3) is 0 Å². The van der Waals surface area contributed by atoms with Gasteiger partial charge < -0.3 is 0 Å². The number of hydrogen-bond donors (Lipinski definition) is 0. The zero-order chi connectivity index (χ0) is 15.0. The summed E-state index contributed by atoms with van der Waals surface area (Å²) < 4.78 is 41.2. The van der Waals surface area contributed by atoms with E-state index in [-0.39, 0.29) is 29.0 Å². The Labute approximate surface area is 117 Å². The van der Waals surface area contributed by atoms with Crippen LogP contribution < -0.4 is 0 Å². The Morgan fingerprint density at radius 2 is 2.05 bits per heavy atom. The number of halogens is 3. The second-order valence-electron chi connectivity index (χ2n) is 4.37.